The first-order valence-electron chi connectivity index (χ1n) is 9.49. The molecule has 0 unspecified atom stereocenters. The molecule has 2 aromatic carbocycles. The molecule has 1 aromatic heterocycles. The molecule has 3 aromatic rings. The number of hydrogen-bond acceptors (Lipinski definition) is 8. The lowest BCUT2D eigenvalue weighted by molar-refractivity contribution is 0.0517. The Hall–Kier alpha value is -3.94. The number of anilines is 4. The Kier molecular flexibility index (Phi) is 6.94. The number of aromatic nitrogens is 2. The van der Waals surface area contributed by atoms with Crippen LogP contribution in [0.4, 0.5) is 23.0 Å². The van der Waals surface area contributed by atoms with Crippen LogP contribution in [0.3, 0.4) is 0 Å². The number of hydrogen-bond donors (Lipinski definition) is 2. The summed E-state index contributed by atoms with van der Waals surface area (Å²) in [5.41, 5.74) is 2.51. The Bertz CT molecular complexity index is 926. The van der Waals surface area contributed by atoms with E-state index in [0.717, 1.165) is 11.4 Å². The van der Waals surface area contributed by atoms with Crippen molar-refractivity contribution in [3.05, 3.63) is 72.1 Å². The number of nitrogens with zero attached hydrogens (tertiary/aromatic N) is 2. The number of ether oxygens (including phenoxy) is 2. The number of rotatable bonds is 8. The Morgan fingerprint density at radius 1 is 0.733 bits per heavy atom. The fourth-order valence-corrected chi connectivity index (χ4v) is 2.60. The van der Waals surface area contributed by atoms with Gasteiger partial charge in [-0.1, -0.05) is 0 Å². The van der Waals surface area contributed by atoms with E-state index in [1.54, 1.807) is 68.4 Å². The van der Waals surface area contributed by atoms with Gasteiger partial charge in [-0.2, -0.15) is 0 Å². The zero-order valence-electron chi connectivity index (χ0n) is 16.7. The van der Waals surface area contributed by atoms with Crippen LogP contribution >= 0.6 is 0 Å². The zero-order chi connectivity index (χ0) is 21.3. The topological polar surface area (TPSA) is 102 Å². The molecule has 0 spiro atoms. The molecule has 0 saturated heterocycles. The number of carbonyl (C=O) groups excluding carboxylic acids is 2. The number of carbonyl (C=O) groups is 2. The number of nitrogens with one attached hydrogen (secondary N) is 2. The van der Waals surface area contributed by atoms with Gasteiger partial charge in [0.25, 0.3) is 0 Å². The average molecular weight is 406 g/mol. The van der Waals surface area contributed by atoms with Gasteiger partial charge in [0.2, 0.25) is 0 Å². The van der Waals surface area contributed by atoms with E-state index >= 15 is 0 Å². The maximum absolute atomic E-state index is 11.7. The summed E-state index contributed by atoms with van der Waals surface area (Å²) in [5, 5.41) is 6.32. The molecule has 0 atom stereocenters. The van der Waals surface area contributed by atoms with E-state index < -0.39 is 0 Å². The lowest BCUT2D eigenvalue weighted by atomic mass is 10.2. The van der Waals surface area contributed by atoms with Crippen molar-refractivity contribution >= 4 is 34.9 Å². The van der Waals surface area contributed by atoms with Crippen LogP contribution < -0.4 is 10.6 Å². The van der Waals surface area contributed by atoms with Gasteiger partial charge >= 0.3 is 11.9 Å². The first-order valence-corrected chi connectivity index (χ1v) is 9.49. The quantitative estimate of drug-likeness (QED) is 0.533. The largest absolute Gasteiger partial charge is 0.462 e. The molecule has 0 aliphatic heterocycles. The molecular formula is C22H22N4O4. The standard InChI is InChI=1S/C22H22N4O4/c1-3-29-21(27)15-5-9-17(10-6-15)25-19-13-20(24-14-23-19)26-18-11-7-16(8-12-18)22(28)30-4-2/h5-14H,3-4H2,1-2H3,(H2,23,24,25,26). The van der Waals surface area contributed by atoms with Gasteiger partial charge in [-0.3, -0.25) is 0 Å². The van der Waals surface area contributed by atoms with Gasteiger partial charge in [-0.05, 0) is 62.4 Å². The highest BCUT2D eigenvalue weighted by Gasteiger charge is 2.08. The molecule has 8 nitrogen and oxygen atoms in total. The second kappa shape index (κ2) is 10.0. The SMILES string of the molecule is CCOC(=O)c1ccc(Nc2cc(Nc3ccc(C(=O)OCC)cc3)ncn2)cc1. The maximum atomic E-state index is 11.7. The third kappa shape index (κ3) is 5.54. The second-order valence-corrected chi connectivity index (χ2v) is 6.13. The Labute approximate surface area is 174 Å². The van der Waals surface area contributed by atoms with Crippen LogP contribution in [0.15, 0.2) is 60.9 Å². The minimum absolute atomic E-state index is 0.334. The molecule has 0 amide bonds. The van der Waals surface area contributed by atoms with Gasteiger partial charge < -0.3 is 20.1 Å². The summed E-state index contributed by atoms with van der Waals surface area (Å²) in [7, 11) is 0. The fourth-order valence-electron chi connectivity index (χ4n) is 2.60. The predicted molar refractivity (Wildman–Crippen MR) is 113 cm³/mol. The molecule has 0 aliphatic carbocycles. The van der Waals surface area contributed by atoms with E-state index in [2.05, 4.69) is 20.6 Å². The lowest BCUT2D eigenvalue weighted by Crippen LogP contribution is -2.05. The molecule has 8 heteroatoms. The van der Waals surface area contributed by atoms with Crippen LogP contribution in [-0.2, 0) is 9.47 Å². The van der Waals surface area contributed by atoms with Crippen molar-refractivity contribution < 1.29 is 19.1 Å². The minimum atomic E-state index is -0.355. The Morgan fingerprint density at radius 3 is 1.50 bits per heavy atom. The van der Waals surface area contributed by atoms with E-state index in [4.69, 9.17) is 9.47 Å². The summed E-state index contributed by atoms with van der Waals surface area (Å²) in [6, 6.07) is 15.6. The molecule has 30 heavy (non-hydrogen) atoms. The maximum Gasteiger partial charge on any atom is 0.338 e. The fraction of sp³-hybridized carbons (Fsp3) is 0.182. The van der Waals surface area contributed by atoms with E-state index in [1.165, 1.54) is 6.33 Å². The van der Waals surface area contributed by atoms with Gasteiger partial charge in [0.1, 0.15) is 18.0 Å². The molecule has 0 saturated carbocycles. The molecule has 2 N–H and O–H groups in total. The van der Waals surface area contributed by atoms with Crippen LogP contribution in [-0.4, -0.2) is 35.1 Å². The van der Waals surface area contributed by atoms with E-state index in [1.807, 2.05) is 0 Å². The van der Waals surface area contributed by atoms with Gasteiger partial charge in [-0.25, -0.2) is 19.6 Å². The van der Waals surface area contributed by atoms with Crippen molar-refractivity contribution in [2.24, 2.45) is 0 Å². The van der Waals surface area contributed by atoms with Gasteiger partial charge in [0.15, 0.2) is 0 Å². The number of esters is 2. The van der Waals surface area contributed by atoms with Crippen LogP contribution in [0, 0.1) is 0 Å². The molecule has 0 aliphatic rings. The lowest BCUT2D eigenvalue weighted by Gasteiger charge is -2.10. The van der Waals surface area contributed by atoms with Gasteiger partial charge in [-0.15, -0.1) is 0 Å². The summed E-state index contributed by atoms with van der Waals surface area (Å²) in [6.07, 6.45) is 1.44. The Balaban J connectivity index is 1.65. The number of benzene rings is 2. The van der Waals surface area contributed by atoms with E-state index in [9.17, 15) is 9.59 Å². The van der Waals surface area contributed by atoms with Crippen molar-refractivity contribution in [3.8, 4) is 0 Å². The summed E-state index contributed by atoms with van der Waals surface area (Å²) in [4.78, 5) is 31.9. The van der Waals surface area contributed by atoms with Crippen LogP contribution in [0.25, 0.3) is 0 Å². The average Bonchev–Trinajstić information content (AvgIpc) is 2.75. The van der Waals surface area contributed by atoms with Crippen LogP contribution in [0.5, 0.6) is 0 Å². The first kappa shape index (κ1) is 20.8. The first-order chi connectivity index (χ1) is 14.6. The summed E-state index contributed by atoms with van der Waals surface area (Å²) >= 11 is 0. The molecule has 0 fully saturated rings. The van der Waals surface area contributed by atoms with Gasteiger partial charge in [0, 0.05) is 17.4 Å². The van der Waals surface area contributed by atoms with Crippen LogP contribution in [0.1, 0.15) is 34.6 Å². The van der Waals surface area contributed by atoms with E-state index in [0.29, 0.717) is 36.0 Å². The molecule has 0 radical (unpaired) electrons. The molecule has 154 valence electrons. The van der Waals surface area contributed by atoms with Crippen molar-refractivity contribution in [3.63, 3.8) is 0 Å². The normalized spacial score (nSPS) is 10.2. The van der Waals surface area contributed by atoms with Gasteiger partial charge in [0.05, 0.1) is 24.3 Å². The summed E-state index contributed by atoms with van der Waals surface area (Å²) in [5.74, 6) is 0.456. The molecule has 1 heterocycles. The smallest absolute Gasteiger partial charge is 0.338 e. The molecule has 3 rings (SSSR count). The summed E-state index contributed by atoms with van der Waals surface area (Å²) in [6.45, 7) is 4.20. The van der Waals surface area contributed by atoms with Crippen molar-refractivity contribution in [1.29, 1.82) is 0 Å². The highest BCUT2D eigenvalue weighted by molar-refractivity contribution is 5.90. The molecular weight excluding hydrogens is 384 g/mol. The van der Waals surface area contributed by atoms with Crippen molar-refractivity contribution in [1.82, 2.24) is 9.97 Å². The predicted octanol–water partition coefficient (Wildman–Crippen LogP) is 4.32. The Morgan fingerprint density at radius 2 is 1.13 bits per heavy atom. The van der Waals surface area contributed by atoms with Crippen molar-refractivity contribution in [2.45, 2.75) is 13.8 Å². The second-order valence-electron chi connectivity index (χ2n) is 6.13. The highest BCUT2D eigenvalue weighted by atomic mass is 16.5. The zero-order valence-corrected chi connectivity index (χ0v) is 16.7. The molecule has 0 bridgehead atoms. The third-order valence-electron chi connectivity index (χ3n) is 4.00. The monoisotopic (exact) mass is 406 g/mol. The minimum Gasteiger partial charge on any atom is -0.462 e. The highest BCUT2D eigenvalue weighted by Crippen LogP contribution is 2.20. The summed E-state index contributed by atoms with van der Waals surface area (Å²) < 4.78 is 9.95. The third-order valence-corrected chi connectivity index (χ3v) is 4.00. The van der Waals surface area contributed by atoms with Crippen LogP contribution in [0.2, 0.25) is 0 Å². The van der Waals surface area contributed by atoms with Crippen molar-refractivity contribution in [2.75, 3.05) is 23.8 Å². The van der Waals surface area contributed by atoms with E-state index in [-0.39, 0.29) is 11.9 Å².